The van der Waals surface area contributed by atoms with Crippen LogP contribution in [0.4, 0.5) is 0 Å². The number of piperidine rings is 2. The summed E-state index contributed by atoms with van der Waals surface area (Å²) in [4.78, 5) is 35.4. The number of carbonyl (C=O) groups is 2. The molecule has 4 rings (SSSR count). The number of halogens is 2. The minimum atomic E-state index is -0.103. The summed E-state index contributed by atoms with van der Waals surface area (Å²) in [5.41, 5.74) is 1.41. The van der Waals surface area contributed by atoms with Crippen molar-refractivity contribution in [3.8, 4) is 0 Å². The lowest BCUT2D eigenvalue weighted by atomic mass is 9.79. The fourth-order valence-electron chi connectivity index (χ4n) is 5.31. The molecule has 2 aliphatic heterocycles. The van der Waals surface area contributed by atoms with E-state index in [4.69, 9.17) is 11.6 Å². The molecule has 8 heteroatoms. The van der Waals surface area contributed by atoms with Gasteiger partial charge in [-0.25, -0.2) is 0 Å². The molecule has 2 aliphatic rings. The summed E-state index contributed by atoms with van der Waals surface area (Å²) in [5.74, 6) is 1.50. The zero-order chi connectivity index (χ0) is 22.7. The average molecular weight is 495 g/mol. The van der Waals surface area contributed by atoms with Gasteiger partial charge in [-0.05, 0) is 76.2 Å². The van der Waals surface area contributed by atoms with E-state index in [1.807, 2.05) is 24.0 Å². The van der Waals surface area contributed by atoms with Crippen LogP contribution in [0.5, 0.6) is 0 Å². The number of likely N-dealkylation sites (tertiary alicyclic amines) is 2. The maximum absolute atomic E-state index is 13.2. The molecule has 6 nitrogen and oxygen atoms in total. The van der Waals surface area contributed by atoms with Crippen LogP contribution in [0.1, 0.15) is 49.4 Å². The molecule has 0 bridgehead atoms. The number of aromatic nitrogens is 1. The van der Waals surface area contributed by atoms with Gasteiger partial charge in [0, 0.05) is 42.3 Å². The van der Waals surface area contributed by atoms with Crippen LogP contribution in [0.3, 0.4) is 0 Å². The van der Waals surface area contributed by atoms with E-state index in [0.717, 1.165) is 55.1 Å². The van der Waals surface area contributed by atoms with Gasteiger partial charge in [-0.15, -0.1) is 12.4 Å². The van der Waals surface area contributed by atoms with Crippen LogP contribution < -0.4 is 0 Å². The molecule has 2 amide bonds. The summed E-state index contributed by atoms with van der Waals surface area (Å²) in [7, 11) is 2.20. The van der Waals surface area contributed by atoms with E-state index in [2.05, 4.69) is 16.9 Å². The molecule has 2 aromatic rings. The Bertz CT molecular complexity index is 947. The summed E-state index contributed by atoms with van der Waals surface area (Å²) in [6.07, 6.45) is 7.28. The third kappa shape index (κ3) is 6.03. The molecule has 0 atom stereocenters. The molecule has 33 heavy (non-hydrogen) atoms. The number of nitrogens with zero attached hydrogens (tertiary/aromatic N) is 3. The van der Waals surface area contributed by atoms with Gasteiger partial charge in [0.15, 0.2) is 0 Å². The summed E-state index contributed by atoms with van der Waals surface area (Å²) in [6.45, 7) is 6.77. The van der Waals surface area contributed by atoms with E-state index < -0.39 is 0 Å². The van der Waals surface area contributed by atoms with Gasteiger partial charge in [0.25, 0.3) is 5.91 Å². The topological polar surface area (TPSA) is 59.7 Å². The average Bonchev–Trinajstić information content (AvgIpc) is 3.19. The van der Waals surface area contributed by atoms with Crippen LogP contribution in [-0.4, -0.2) is 77.8 Å². The monoisotopic (exact) mass is 494 g/mol. The van der Waals surface area contributed by atoms with Gasteiger partial charge in [0.05, 0.1) is 5.02 Å². The smallest absolute Gasteiger partial charge is 0.254 e. The molecule has 0 saturated carbocycles. The van der Waals surface area contributed by atoms with E-state index in [-0.39, 0.29) is 30.8 Å². The number of amides is 2. The molecule has 0 spiro atoms. The second kappa shape index (κ2) is 11.6. The molecule has 0 unspecified atom stereocenters. The van der Waals surface area contributed by atoms with Crippen molar-refractivity contribution in [1.29, 1.82) is 0 Å². The van der Waals surface area contributed by atoms with Crippen molar-refractivity contribution in [2.45, 2.75) is 39.0 Å². The summed E-state index contributed by atoms with van der Waals surface area (Å²) >= 11 is 6.16. The quantitative estimate of drug-likeness (QED) is 0.634. The van der Waals surface area contributed by atoms with Crippen molar-refractivity contribution >= 4 is 46.7 Å². The molecular formula is C25H36Cl2N4O2. The first-order chi connectivity index (χ1) is 15.5. The van der Waals surface area contributed by atoms with Crippen molar-refractivity contribution in [3.05, 3.63) is 35.0 Å². The van der Waals surface area contributed by atoms with Crippen molar-refractivity contribution in [3.63, 3.8) is 0 Å². The summed E-state index contributed by atoms with van der Waals surface area (Å²) in [6, 6.07) is 5.48. The van der Waals surface area contributed by atoms with Gasteiger partial charge in [-0.2, -0.15) is 0 Å². The third-order valence-corrected chi connectivity index (χ3v) is 7.62. The molecule has 182 valence electrons. The zero-order valence-electron chi connectivity index (χ0n) is 19.7. The van der Waals surface area contributed by atoms with Crippen molar-refractivity contribution in [2.24, 2.45) is 11.8 Å². The Hall–Kier alpha value is -1.76. The number of aromatic amines is 1. The maximum atomic E-state index is 13.2. The third-order valence-electron chi connectivity index (χ3n) is 7.31. The molecule has 0 radical (unpaired) electrons. The molecule has 1 aromatic heterocycles. The van der Waals surface area contributed by atoms with E-state index in [0.29, 0.717) is 17.1 Å². The predicted octanol–water partition coefficient (Wildman–Crippen LogP) is 4.68. The standard InChI is InChI=1S/C25H35ClN4O2.ClH/c1-3-10-30(25(32)20-4-5-21-22(26)16-27-23(21)15-20)17-24(31)29-13-8-19(9-14-29)18-6-11-28(2)12-7-18;/h4-5,15-16,18-19,27H,3,6-14,17H2,1-2H3;1H. The number of fused-ring (bicyclic) bond motifs is 1. The van der Waals surface area contributed by atoms with Gasteiger partial charge in [0.2, 0.25) is 5.91 Å². The van der Waals surface area contributed by atoms with Crippen LogP contribution in [0, 0.1) is 11.8 Å². The highest BCUT2D eigenvalue weighted by atomic mass is 35.5. The zero-order valence-corrected chi connectivity index (χ0v) is 21.3. The lowest BCUT2D eigenvalue weighted by Crippen LogP contribution is -2.47. The molecule has 3 heterocycles. The number of hydrogen-bond donors (Lipinski definition) is 1. The van der Waals surface area contributed by atoms with Gasteiger partial charge in [-0.1, -0.05) is 24.6 Å². The van der Waals surface area contributed by atoms with Crippen LogP contribution in [0.25, 0.3) is 10.9 Å². The first kappa shape index (κ1) is 25.9. The highest BCUT2D eigenvalue weighted by Gasteiger charge is 2.31. The van der Waals surface area contributed by atoms with E-state index in [1.54, 1.807) is 17.2 Å². The number of carbonyl (C=O) groups excluding carboxylic acids is 2. The summed E-state index contributed by atoms with van der Waals surface area (Å²) < 4.78 is 0. The van der Waals surface area contributed by atoms with Crippen molar-refractivity contribution < 1.29 is 9.59 Å². The first-order valence-electron chi connectivity index (χ1n) is 12.0. The largest absolute Gasteiger partial charge is 0.360 e. The predicted molar refractivity (Wildman–Crippen MR) is 136 cm³/mol. The van der Waals surface area contributed by atoms with Crippen LogP contribution >= 0.6 is 24.0 Å². The van der Waals surface area contributed by atoms with Crippen LogP contribution in [-0.2, 0) is 4.79 Å². The van der Waals surface area contributed by atoms with E-state index in [1.165, 1.54) is 25.9 Å². The minimum Gasteiger partial charge on any atom is -0.360 e. The van der Waals surface area contributed by atoms with E-state index in [9.17, 15) is 9.59 Å². The fourth-order valence-corrected chi connectivity index (χ4v) is 5.53. The Balaban J connectivity index is 0.00000306. The SMILES string of the molecule is CCCN(CC(=O)N1CCC(C2CCN(C)CC2)CC1)C(=O)c1ccc2c(Cl)c[nH]c2c1.Cl. The molecule has 2 saturated heterocycles. The number of H-pyrrole nitrogens is 1. The van der Waals surface area contributed by atoms with Crippen molar-refractivity contribution in [2.75, 3.05) is 46.3 Å². The molecular weight excluding hydrogens is 459 g/mol. The van der Waals surface area contributed by atoms with Crippen LogP contribution in [0.2, 0.25) is 5.02 Å². The number of benzene rings is 1. The van der Waals surface area contributed by atoms with Gasteiger partial charge in [-0.3, -0.25) is 9.59 Å². The normalized spacial score (nSPS) is 18.3. The number of hydrogen-bond acceptors (Lipinski definition) is 3. The number of rotatable bonds is 6. The highest BCUT2D eigenvalue weighted by molar-refractivity contribution is 6.35. The molecule has 0 aliphatic carbocycles. The van der Waals surface area contributed by atoms with E-state index >= 15 is 0 Å². The Morgan fingerprint density at radius 2 is 1.73 bits per heavy atom. The minimum absolute atomic E-state index is 0. The second-order valence-corrected chi connectivity index (χ2v) is 9.89. The number of nitrogens with one attached hydrogen (secondary N) is 1. The molecule has 1 N–H and O–H groups in total. The Morgan fingerprint density at radius 3 is 2.36 bits per heavy atom. The Morgan fingerprint density at radius 1 is 1.09 bits per heavy atom. The molecule has 2 fully saturated rings. The lowest BCUT2D eigenvalue weighted by molar-refractivity contribution is -0.133. The van der Waals surface area contributed by atoms with Gasteiger partial charge < -0.3 is 19.7 Å². The highest BCUT2D eigenvalue weighted by Crippen LogP contribution is 2.32. The lowest BCUT2D eigenvalue weighted by Gasteiger charge is -2.39. The summed E-state index contributed by atoms with van der Waals surface area (Å²) in [5, 5.41) is 1.54. The molecule has 1 aromatic carbocycles. The Labute approximate surface area is 208 Å². The Kier molecular flexibility index (Phi) is 9.08. The fraction of sp³-hybridized carbons (Fsp3) is 0.600. The first-order valence-corrected chi connectivity index (χ1v) is 12.4. The maximum Gasteiger partial charge on any atom is 0.254 e. The van der Waals surface area contributed by atoms with Gasteiger partial charge in [0.1, 0.15) is 6.54 Å². The second-order valence-electron chi connectivity index (χ2n) is 9.48. The van der Waals surface area contributed by atoms with Crippen LogP contribution in [0.15, 0.2) is 24.4 Å². The van der Waals surface area contributed by atoms with Gasteiger partial charge >= 0.3 is 0 Å². The van der Waals surface area contributed by atoms with Crippen molar-refractivity contribution in [1.82, 2.24) is 19.7 Å².